The van der Waals surface area contributed by atoms with Gasteiger partial charge in [0.2, 0.25) is 10.0 Å². The molecule has 2 atom stereocenters. The van der Waals surface area contributed by atoms with Crippen molar-refractivity contribution >= 4 is 22.0 Å². The van der Waals surface area contributed by atoms with Crippen molar-refractivity contribution < 1.29 is 27.9 Å². The molecule has 0 saturated carbocycles. The molecule has 0 rings (SSSR count). The smallest absolute Gasteiger partial charge is 0.325 e. The minimum absolute atomic E-state index is 0.438. The highest BCUT2D eigenvalue weighted by atomic mass is 32.2. The number of ether oxygens (including phenoxy) is 1. The Morgan fingerprint density at radius 1 is 1.24 bits per heavy atom. The molecule has 0 aliphatic rings. The number of carboxylic acid groups (broad SMARTS) is 1. The maximum atomic E-state index is 11.7. The first-order chi connectivity index (χ1) is 7.63. The molecule has 0 bridgehead atoms. The maximum absolute atomic E-state index is 11.7. The monoisotopic (exact) mass is 267 g/mol. The summed E-state index contributed by atoms with van der Waals surface area (Å²) in [6, 6.07) is -1.27. The molecule has 8 heteroatoms. The van der Waals surface area contributed by atoms with Crippen molar-refractivity contribution in [3.8, 4) is 0 Å². The van der Waals surface area contributed by atoms with Gasteiger partial charge in [0.25, 0.3) is 0 Å². The number of carbonyl (C=O) groups excluding carboxylic acids is 1. The highest BCUT2D eigenvalue weighted by Gasteiger charge is 2.34. The summed E-state index contributed by atoms with van der Waals surface area (Å²) in [5.41, 5.74) is 0. The molecule has 0 radical (unpaired) electrons. The summed E-state index contributed by atoms with van der Waals surface area (Å²) in [7, 11) is -3.01. The van der Waals surface area contributed by atoms with Crippen LogP contribution in [0.4, 0.5) is 0 Å². The first-order valence-electron chi connectivity index (χ1n) is 4.95. The van der Waals surface area contributed by atoms with Gasteiger partial charge in [0.1, 0.15) is 6.04 Å². The molecular formula is C9H17NO6S. The Balaban J connectivity index is 4.97. The van der Waals surface area contributed by atoms with Crippen LogP contribution in [0.15, 0.2) is 0 Å². The second-order valence-electron chi connectivity index (χ2n) is 3.89. The minimum Gasteiger partial charge on any atom is -0.480 e. The molecule has 0 saturated heterocycles. The summed E-state index contributed by atoms with van der Waals surface area (Å²) in [5, 5.41) is 7.39. The Bertz CT molecular complexity index is 388. The zero-order valence-corrected chi connectivity index (χ0v) is 10.9. The Hall–Kier alpha value is -1.15. The highest BCUT2D eigenvalue weighted by molar-refractivity contribution is 7.90. The number of hydrogen-bond donors (Lipinski definition) is 2. The van der Waals surface area contributed by atoms with Crippen molar-refractivity contribution in [3.63, 3.8) is 0 Å². The van der Waals surface area contributed by atoms with Gasteiger partial charge < -0.3 is 9.84 Å². The first kappa shape index (κ1) is 15.9. The second-order valence-corrected chi connectivity index (χ2v) is 5.92. The van der Waals surface area contributed by atoms with Gasteiger partial charge in [-0.25, -0.2) is 8.42 Å². The topological polar surface area (TPSA) is 110 Å². The Labute approximate surface area is 100 Å². The fraction of sp³-hybridized carbons (Fsp3) is 0.778. The van der Waals surface area contributed by atoms with Gasteiger partial charge >= 0.3 is 11.9 Å². The normalized spacial score (nSPS) is 15.4. The second kappa shape index (κ2) is 5.97. The van der Waals surface area contributed by atoms with Crippen LogP contribution in [0.1, 0.15) is 20.8 Å². The summed E-state index contributed by atoms with van der Waals surface area (Å²) in [4.78, 5) is 21.9. The molecule has 100 valence electrons. The van der Waals surface area contributed by atoms with E-state index < -0.39 is 39.2 Å². The number of esters is 1. The van der Waals surface area contributed by atoms with Crippen LogP contribution in [0.3, 0.4) is 0 Å². The van der Waals surface area contributed by atoms with E-state index >= 15 is 0 Å². The number of carboxylic acids is 1. The summed E-state index contributed by atoms with van der Waals surface area (Å²) >= 11 is 0. The quantitative estimate of drug-likeness (QED) is 0.632. The van der Waals surface area contributed by atoms with E-state index in [1.807, 2.05) is 4.72 Å². The summed E-state index contributed by atoms with van der Waals surface area (Å²) in [6.07, 6.45) is 0. The van der Waals surface area contributed by atoms with Crippen molar-refractivity contribution in [3.05, 3.63) is 0 Å². The molecule has 0 aliphatic heterocycles. The van der Waals surface area contributed by atoms with E-state index in [-0.39, 0.29) is 0 Å². The van der Waals surface area contributed by atoms with E-state index in [2.05, 4.69) is 4.74 Å². The van der Waals surface area contributed by atoms with Crippen molar-refractivity contribution in [1.82, 2.24) is 4.72 Å². The van der Waals surface area contributed by atoms with Crippen molar-refractivity contribution in [2.24, 2.45) is 5.92 Å². The number of rotatable bonds is 6. The molecule has 0 aromatic rings. The van der Waals surface area contributed by atoms with E-state index in [0.29, 0.717) is 0 Å². The lowest BCUT2D eigenvalue weighted by atomic mass is 10.1. The van der Waals surface area contributed by atoms with E-state index in [1.54, 1.807) is 13.8 Å². The number of nitrogens with one attached hydrogen (secondary N) is 1. The first-order valence-corrected chi connectivity index (χ1v) is 6.50. The van der Waals surface area contributed by atoms with Crippen molar-refractivity contribution in [2.75, 3.05) is 7.11 Å². The lowest BCUT2D eigenvalue weighted by Crippen LogP contribution is -2.49. The van der Waals surface area contributed by atoms with Crippen LogP contribution in [-0.2, 0) is 24.3 Å². The zero-order valence-electron chi connectivity index (χ0n) is 10.1. The van der Waals surface area contributed by atoms with Crippen LogP contribution in [0, 0.1) is 5.92 Å². The van der Waals surface area contributed by atoms with E-state index in [9.17, 15) is 18.0 Å². The minimum atomic E-state index is -4.07. The predicted molar refractivity (Wildman–Crippen MR) is 59.8 cm³/mol. The number of hydrogen-bond acceptors (Lipinski definition) is 5. The summed E-state index contributed by atoms with van der Waals surface area (Å²) < 4.78 is 29.6. The fourth-order valence-corrected chi connectivity index (χ4v) is 2.32. The summed E-state index contributed by atoms with van der Waals surface area (Å²) in [6.45, 7) is 4.25. The molecule has 0 fully saturated rings. The van der Waals surface area contributed by atoms with Gasteiger partial charge in [-0.2, -0.15) is 4.72 Å². The summed E-state index contributed by atoms with van der Waals surface area (Å²) in [5.74, 6) is -2.67. The fourth-order valence-electron chi connectivity index (χ4n) is 1.04. The molecule has 7 nitrogen and oxygen atoms in total. The van der Waals surface area contributed by atoms with Crippen molar-refractivity contribution in [1.29, 1.82) is 0 Å². The molecule has 0 aliphatic carbocycles. The van der Waals surface area contributed by atoms with Gasteiger partial charge in [-0.3, -0.25) is 9.59 Å². The lowest BCUT2D eigenvalue weighted by molar-refractivity contribution is -0.141. The average Bonchev–Trinajstić information content (AvgIpc) is 2.22. The number of carbonyl (C=O) groups is 2. The van der Waals surface area contributed by atoms with Crippen LogP contribution in [-0.4, -0.2) is 43.9 Å². The molecule has 17 heavy (non-hydrogen) atoms. The molecule has 1 unspecified atom stereocenters. The molecule has 2 N–H and O–H groups in total. The number of methoxy groups -OCH3 is 1. The molecule has 0 spiro atoms. The van der Waals surface area contributed by atoms with Crippen LogP contribution in [0.25, 0.3) is 0 Å². The van der Waals surface area contributed by atoms with Gasteiger partial charge in [0.05, 0.1) is 7.11 Å². The standard InChI is InChI=1S/C9H17NO6S/c1-5(2)7(8(11)12)10-17(14,15)6(3)9(13)16-4/h5-7,10H,1-4H3,(H,11,12)/t6?,7-/m1/s1. The molecule has 0 heterocycles. The molecule has 0 aromatic carbocycles. The van der Waals surface area contributed by atoms with Crippen molar-refractivity contribution in [2.45, 2.75) is 32.1 Å². The van der Waals surface area contributed by atoms with Gasteiger partial charge in [0.15, 0.2) is 5.25 Å². The Morgan fingerprint density at radius 2 is 1.71 bits per heavy atom. The highest BCUT2D eigenvalue weighted by Crippen LogP contribution is 2.08. The molecule has 0 amide bonds. The largest absolute Gasteiger partial charge is 0.480 e. The maximum Gasteiger partial charge on any atom is 0.325 e. The number of aliphatic carboxylic acids is 1. The lowest BCUT2D eigenvalue weighted by Gasteiger charge is -2.20. The van der Waals surface area contributed by atoms with E-state index in [1.165, 1.54) is 0 Å². The molecular weight excluding hydrogens is 250 g/mol. The third-order valence-electron chi connectivity index (χ3n) is 2.22. The third kappa shape index (κ3) is 4.31. The molecule has 0 aromatic heterocycles. The Morgan fingerprint density at radius 3 is 2.00 bits per heavy atom. The van der Waals surface area contributed by atoms with Gasteiger partial charge in [0, 0.05) is 0 Å². The van der Waals surface area contributed by atoms with Crippen LogP contribution in [0.5, 0.6) is 0 Å². The van der Waals surface area contributed by atoms with Gasteiger partial charge in [-0.15, -0.1) is 0 Å². The van der Waals surface area contributed by atoms with Crippen LogP contribution >= 0.6 is 0 Å². The predicted octanol–water partition coefficient (Wildman–Crippen LogP) is -0.423. The van der Waals surface area contributed by atoms with E-state index in [4.69, 9.17) is 5.11 Å². The van der Waals surface area contributed by atoms with Gasteiger partial charge in [-0.1, -0.05) is 13.8 Å². The SMILES string of the molecule is COC(=O)C(C)S(=O)(=O)N[C@@H](C(=O)O)C(C)C. The van der Waals surface area contributed by atoms with Crippen LogP contribution in [0.2, 0.25) is 0 Å². The average molecular weight is 267 g/mol. The van der Waals surface area contributed by atoms with E-state index in [0.717, 1.165) is 14.0 Å². The Kier molecular flexibility index (Phi) is 5.56. The van der Waals surface area contributed by atoms with Crippen LogP contribution < -0.4 is 4.72 Å². The van der Waals surface area contributed by atoms with Gasteiger partial charge in [-0.05, 0) is 12.8 Å². The zero-order chi connectivity index (χ0) is 13.8. The number of sulfonamides is 1. The third-order valence-corrected chi connectivity index (χ3v) is 3.93.